The summed E-state index contributed by atoms with van der Waals surface area (Å²) in [4.78, 5) is 40.5. The quantitative estimate of drug-likeness (QED) is 0.794. The number of carboxylic acid groups (broad SMARTS) is 1. The summed E-state index contributed by atoms with van der Waals surface area (Å²) < 4.78 is 0. The van der Waals surface area contributed by atoms with Crippen molar-refractivity contribution in [2.45, 2.75) is 52.5 Å². The molecule has 1 heterocycles. The lowest BCUT2D eigenvalue weighted by atomic mass is 9.92. The third-order valence-electron chi connectivity index (χ3n) is 5.12. The van der Waals surface area contributed by atoms with E-state index in [1.54, 1.807) is 29.2 Å². The van der Waals surface area contributed by atoms with Gasteiger partial charge in [0, 0.05) is 36.8 Å². The van der Waals surface area contributed by atoms with E-state index in [2.05, 4.69) is 0 Å². The zero-order chi connectivity index (χ0) is 20.0. The molecule has 0 bridgehead atoms. The lowest BCUT2D eigenvalue weighted by molar-refractivity contribution is -0.143. The molecular formula is C21H30N2O4. The lowest BCUT2D eigenvalue weighted by Crippen LogP contribution is -2.47. The van der Waals surface area contributed by atoms with Gasteiger partial charge in [-0.3, -0.25) is 14.4 Å². The number of nitrogens with zero attached hydrogens (tertiary/aromatic N) is 2. The van der Waals surface area contributed by atoms with Gasteiger partial charge in [0.05, 0.1) is 5.92 Å². The third kappa shape index (κ3) is 5.08. The molecule has 1 fully saturated rings. The fourth-order valence-electron chi connectivity index (χ4n) is 3.58. The van der Waals surface area contributed by atoms with E-state index < -0.39 is 11.9 Å². The number of likely N-dealkylation sites (tertiary alicyclic amines) is 1. The van der Waals surface area contributed by atoms with Crippen molar-refractivity contribution in [3.8, 4) is 0 Å². The number of hydrogen-bond donors (Lipinski definition) is 1. The van der Waals surface area contributed by atoms with Crippen LogP contribution in [0.15, 0.2) is 24.3 Å². The largest absolute Gasteiger partial charge is 0.481 e. The molecule has 1 aliphatic heterocycles. The van der Waals surface area contributed by atoms with Gasteiger partial charge >= 0.3 is 5.97 Å². The molecule has 0 aliphatic carbocycles. The predicted octanol–water partition coefficient (Wildman–Crippen LogP) is 3.27. The highest BCUT2D eigenvalue weighted by Crippen LogP contribution is 2.24. The van der Waals surface area contributed by atoms with Gasteiger partial charge in [-0.2, -0.15) is 0 Å². The second-order valence-electron chi connectivity index (χ2n) is 7.29. The molecule has 0 aromatic heterocycles. The van der Waals surface area contributed by atoms with Crippen LogP contribution < -0.4 is 0 Å². The molecule has 6 heteroatoms. The Morgan fingerprint density at radius 1 is 1.11 bits per heavy atom. The van der Waals surface area contributed by atoms with E-state index in [-0.39, 0.29) is 24.4 Å². The van der Waals surface area contributed by atoms with Gasteiger partial charge in [-0.1, -0.05) is 19.9 Å². The Kier molecular flexibility index (Phi) is 7.39. The van der Waals surface area contributed by atoms with E-state index in [1.165, 1.54) is 0 Å². The summed E-state index contributed by atoms with van der Waals surface area (Å²) >= 11 is 0. The van der Waals surface area contributed by atoms with Crippen LogP contribution in [0.1, 0.15) is 67.2 Å². The fourth-order valence-corrected chi connectivity index (χ4v) is 3.58. The SMILES string of the molecule is CCCN(CCC)C(=O)c1cccc(C(=O)N2CC(C(=O)O)CCC2C)c1. The first-order chi connectivity index (χ1) is 12.9. The van der Waals surface area contributed by atoms with E-state index in [1.807, 2.05) is 25.7 Å². The summed E-state index contributed by atoms with van der Waals surface area (Å²) in [5, 5.41) is 9.29. The summed E-state index contributed by atoms with van der Waals surface area (Å²) in [5.41, 5.74) is 0.939. The van der Waals surface area contributed by atoms with Gasteiger partial charge in [-0.05, 0) is 50.8 Å². The van der Waals surface area contributed by atoms with Crippen molar-refractivity contribution in [2.75, 3.05) is 19.6 Å². The van der Waals surface area contributed by atoms with E-state index in [0.717, 1.165) is 12.8 Å². The van der Waals surface area contributed by atoms with Crippen LogP contribution in [0.3, 0.4) is 0 Å². The molecular weight excluding hydrogens is 344 g/mol. The molecule has 2 unspecified atom stereocenters. The minimum Gasteiger partial charge on any atom is -0.481 e. The summed E-state index contributed by atoms with van der Waals surface area (Å²) in [7, 11) is 0. The van der Waals surface area contributed by atoms with Gasteiger partial charge in [-0.25, -0.2) is 0 Å². The molecule has 148 valence electrons. The Morgan fingerprint density at radius 3 is 2.33 bits per heavy atom. The van der Waals surface area contributed by atoms with Gasteiger partial charge in [-0.15, -0.1) is 0 Å². The molecule has 0 spiro atoms. The van der Waals surface area contributed by atoms with E-state index in [4.69, 9.17) is 0 Å². The highest BCUT2D eigenvalue weighted by molar-refractivity contribution is 6.00. The van der Waals surface area contributed by atoms with Crippen LogP contribution in [0.25, 0.3) is 0 Å². The molecule has 2 rings (SSSR count). The molecule has 2 amide bonds. The number of aliphatic carboxylic acids is 1. The Bertz CT molecular complexity index is 683. The number of hydrogen-bond acceptors (Lipinski definition) is 3. The van der Waals surface area contributed by atoms with Crippen LogP contribution in [-0.4, -0.2) is 58.4 Å². The van der Waals surface area contributed by atoms with Crippen LogP contribution in [0, 0.1) is 5.92 Å². The molecule has 2 atom stereocenters. The molecule has 0 radical (unpaired) electrons. The van der Waals surface area contributed by atoms with E-state index in [9.17, 15) is 19.5 Å². The first-order valence-corrected chi connectivity index (χ1v) is 9.82. The maximum atomic E-state index is 13.0. The highest BCUT2D eigenvalue weighted by atomic mass is 16.4. The molecule has 1 saturated heterocycles. The summed E-state index contributed by atoms with van der Waals surface area (Å²) in [6.45, 7) is 7.60. The Hall–Kier alpha value is -2.37. The van der Waals surface area contributed by atoms with Crippen molar-refractivity contribution in [3.05, 3.63) is 35.4 Å². The third-order valence-corrected chi connectivity index (χ3v) is 5.12. The normalized spacial score (nSPS) is 19.6. The van der Waals surface area contributed by atoms with Crippen molar-refractivity contribution in [2.24, 2.45) is 5.92 Å². The molecule has 0 saturated carbocycles. The standard InChI is InChI=1S/C21H30N2O4/c1-4-11-22(12-5-2)19(24)16-7-6-8-17(13-16)20(25)23-14-18(21(26)27)10-9-15(23)3/h6-8,13,15,18H,4-5,9-12,14H2,1-3H3,(H,26,27). The molecule has 1 aromatic rings. The average molecular weight is 374 g/mol. The van der Waals surface area contributed by atoms with Crippen LogP contribution in [0.5, 0.6) is 0 Å². The van der Waals surface area contributed by atoms with Gasteiger partial charge in [0.25, 0.3) is 11.8 Å². The molecule has 1 aromatic carbocycles. The fraction of sp³-hybridized carbons (Fsp3) is 0.571. The Balaban J connectivity index is 2.21. The van der Waals surface area contributed by atoms with Gasteiger partial charge < -0.3 is 14.9 Å². The second kappa shape index (κ2) is 9.53. The van der Waals surface area contributed by atoms with Crippen LogP contribution in [0.4, 0.5) is 0 Å². The van der Waals surface area contributed by atoms with Crippen LogP contribution in [-0.2, 0) is 4.79 Å². The molecule has 27 heavy (non-hydrogen) atoms. The summed E-state index contributed by atoms with van der Waals surface area (Å²) in [6.07, 6.45) is 3.02. The Labute approximate surface area is 161 Å². The first kappa shape index (κ1) is 20.9. The topological polar surface area (TPSA) is 77.9 Å². The number of rotatable bonds is 7. The van der Waals surface area contributed by atoms with Crippen LogP contribution in [0.2, 0.25) is 0 Å². The number of amides is 2. The minimum atomic E-state index is -0.863. The van der Waals surface area contributed by atoms with Gasteiger partial charge in [0.15, 0.2) is 0 Å². The smallest absolute Gasteiger partial charge is 0.308 e. The van der Waals surface area contributed by atoms with Crippen LogP contribution >= 0.6 is 0 Å². The van der Waals surface area contributed by atoms with Crippen molar-refractivity contribution in [1.29, 1.82) is 0 Å². The highest BCUT2D eigenvalue weighted by Gasteiger charge is 2.33. The van der Waals surface area contributed by atoms with Gasteiger partial charge in [0.1, 0.15) is 0 Å². The maximum absolute atomic E-state index is 13.0. The van der Waals surface area contributed by atoms with Crippen molar-refractivity contribution in [3.63, 3.8) is 0 Å². The average Bonchev–Trinajstić information content (AvgIpc) is 2.67. The molecule has 6 nitrogen and oxygen atoms in total. The van der Waals surface area contributed by atoms with E-state index in [0.29, 0.717) is 37.1 Å². The maximum Gasteiger partial charge on any atom is 0.308 e. The van der Waals surface area contributed by atoms with Crippen molar-refractivity contribution >= 4 is 17.8 Å². The number of piperidine rings is 1. The number of carbonyl (C=O) groups is 3. The number of carboxylic acids is 1. The van der Waals surface area contributed by atoms with Crippen molar-refractivity contribution < 1.29 is 19.5 Å². The minimum absolute atomic E-state index is 0.0101. The monoisotopic (exact) mass is 374 g/mol. The second-order valence-corrected chi connectivity index (χ2v) is 7.29. The molecule has 1 N–H and O–H groups in total. The zero-order valence-corrected chi connectivity index (χ0v) is 16.5. The first-order valence-electron chi connectivity index (χ1n) is 9.82. The molecule has 1 aliphatic rings. The van der Waals surface area contributed by atoms with Gasteiger partial charge in [0.2, 0.25) is 0 Å². The summed E-state index contributed by atoms with van der Waals surface area (Å²) in [5.74, 6) is -1.66. The summed E-state index contributed by atoms with van der Waals surface area (Å²) in [6, 6.07) is 6.78. The van der Waals surface area contributed by atoms with E-state index >= 15 is 0 Å². The predicted molar refractivity (Wildman–Crippen MR) is 104 cm³/mol. The zero-order valence-electron chi connectivity index (χ0n) is 16.5. The lowest BCUT2D eigenvalue weighted by Gasteiger charge is -2.36. The number of carbonyl (C=O) groups excluding carboxylic acids is 2. The van der Waals surface area contributed by atoms with Crippen molar-refractivity contribution in [1.82, 2.24) is 9.80 Å². The Morgan fingerprint density at radius 2 is 1.74 bits per heavy atom. The number of benzene rings is 1.